The molecule has 1 aromatic rings. The van der Waals surface area contributed by atoms with Gasteiger partial charge in [0, 0.05) is 0 Å². The summed E-state index contributed by atoms with van der Waals surface area (Å²) in [6.07, 6.45) is 1.98. The lowest BCUT2D eigenvalue weighted by Gasteiger charge is -2.09. The number of hydrogen-bond acceptors (Lipinski definition) is 5. The van der Waals surface area contributed by atoms with Crippen LogP contribution in [-0.2, 0) is 4.79 Å². The Morgan fingerprint density at radius 1 is 1.55 bits per heavy atom. The second-order valence-corrected chi connectivity index (χ2v) is 3.92. The van der Waals surface area contributed by atoms with Crippen molar-refractivity contribution in [2.24, 2.45) is 5.10 Å². The molecular weight excluding hydrogens is 260 g/mol. The fraction of sp³-hybridized carbons (Fsp3) is 0.286. The molecule has 0 saturated heterocycles. The van der Waals surface area contributed by atoms with Gasteiger partial charge < -0.3 is 14.6 Å². The Morgan fingerprint density at radius 3 is 2.90 bits per heavy atom. The van der Waals surface area contributed by atoms with E-state index in [0.29, 0.717) is 18.1 Å². The van der Waals surface area contributed by atoms with Gasteiger partial charge in [0.25, 0.3) is 5.91 Å². The third kappa shape index (κ3) is 4.74. The maximum absolute atomic E-state index is 11.1. The Bertz CT molecular complexity index is 498. The number of hydrazone groups is 1. The van der Waals surface area contributed by atoms with E-state index in [9.17, 15) is 4.79 Å². The molecule has 6 heteroatoms. The first-order valence-corrected chi connectivity index (χ1v) is 6.01. The lowest BCUT2D eigenvalue weighted by Crippen LogP contribution is -2.28. The van der Waals surface area contributed by atoms with E-state index in [4.69, 9.17) is 14.6 Å². The first-order chi connectivity index (χ1) is 9.58. The molecule has 0 radical (unpaired) electrons. The van der Waals surface area contributed by atoms with Gasteiger partial charge in [-0.25, -0.2) is 5.43 Å². The van der Waals surface area contributed by atoms with E-state index in [1.54, 1.807) is 24.3 Å². The first-order valence-electron chi connectivity index (χ1n) is 6.01. The molecule has 1 rings (SSSR count). The molecule has 0 spiro atoms. The number of hydrogen-bond donors (Lipinski definition) is 2. The number of benzene rings is 1. The minimum Gasteiger partial charge on any atom is -0.493 e. The van der Waals surface area contributed by atoms with Crippen LogP contribution in [0.5, 0.6) is 11.5 Å². The highest BCUT2D eigenvalue weighted by atomic mass is 16.5. The third-order valence-electron chi connectivity index (χ3n) is 2.31. The number of methoxy groups -OCH3 is 1. The summed E-state index contributed by atoms with van der Waals surface area (Å²) in [4.78, 5) is 11.1. The van der Waals surface area contributed by atoms with E-state index in [0.717, 1.165) is 5.56 Å². The number of amides is 1. The van der Waals surface area contributed by atoms with Gasteiger partial charge in [-0.1, -0.05) is 12.7 Å². The van der Waals surface area contributed by atoms with Crippen molar-refractivity contribution in [3.63, 3.8) is 0 Å². The molecule has 6 nitrogen and oxygen atoms in total. The molecule has 0 unspecified atom stereocenters. The van der Waals surface area contributed by atoms with Crippen LogP contribution in [0.3, 0.4) is 0 Å². The van der Waals surface area contributed by atoms with Crippen molar-refractivity contribution in [3.05, 3.63) is 36.4 Å². The van der Waals surface area contributed by atoms with E-state index >= 15 is 0 Å². The van der Waals surface area contributed by atoms with Crippen molar-refractivity contribution in [1.29, 1.82) is 0 Å². The highest BCUT2D eigenvalue weighted by Gasteiger charge is 2.06. The molecule has 0 aliphatic rings. The van der Waals surface area contributed by atoms with Crippen LogP contribution in [0.4, 0.5) is 0 Å². The zero-order valence-electron chi connectivity index (χ0n) is 11.5. The predicted molar refractivity (Wildman–Crippen MR) is 76.1 cm³/mol. The average molecular weight is 278 g/mol. The van der Waals surface area contributed by atoms with E-state index in [2.05, 4.69) is 17.1 Å². The van der Waals surface area contributed by atoms with Gasteiger partial charge in [-0.3, -0.25) is 4.79 Å². The van der Waals surface area contributed by atoms with Gasteiger partial charge >= 0.3 is 0 Å². The smallest absolute Gasteiger partial charge is 0.268 e. The molecule has 1 aromatic carbocycles. The quantitative estimate of drug-likeness (QED) is 0.444. The van der Waals surface area contributed by atoms with Gasteiger partial charge in [0.05, 0.1) is 13.3 Å². The highest BCUT2D eigenvalue weighted by Crippen LogP contribution is 2.27. The average Bonchev–Trinajstić information content (AvgIpc) is 2.45. The normalized spacial score (nSPS) is 11.9. The van der Waals surface area contributed by atoms with Gasteiger partial charge in [-0.15, -0.1) is 0 Å². The zero-order valence-corrected chi connectivity index (χ0v) is 11.5. The summed E-state index contributed by atoms with van der Waals surface area (Å²) < 4.78 is 10.6. The van der Waals surface area contributed by atoms with Gasteiger partial charge in [0.2, 0.25) is 0 Å². The summed E-state index contributed by atoms with van der Waals surface area (Å²) in [5.74, 6) is 0.578. The SMILES string of the molecule is C=CCOc1ccc(/C=N\NC(=O)[C@@H](C)O)cc1OC. The second-order valence-electron chi connectivity index (χ2n) is 3.92. The second kappa shape index (κ2) is 7.96. The Balaban J connectivity index is 2.74. The number of rotatable bonds is 7. The van der Waals surface area contributed by atoms with Crippen molar-refractivity contribution in [3.8, 4) is 11.5 Å². The lowest BCUT2D eigenvalue weighted by molar-refractivity contribution is -0.128. The number of carbonyl (C=O) groups excluding carboxylic acids is 1. The van der Waals surface area contributed by atoms with E-state index in [1.807, 2.05) is 0 Å². The number of nitrogens with one attached hydrogen (secondary N) is 1. The van der Waals surface area contributed by atoms with Crippen molar-refractivity contribution in [2.75, 3.05) is 13.7 Å². The molecule has 0 bridgehead atoms. The van der Waals surface area contributed by atoms with Crippen LogP contribution in [0.25, 0.3) is 0 Å². The number of ether oxygens (including phenoxy) is 2. The summed E-state index contributed by atoms with van der Waals surface area (Å²) in [5, 5.41) is 12.7. The Hall–Kier alpha value is -2.34. The molecule has 1 atom stereocenters. The summed E-state index contributed by atoms with van der Waals surface area (Å²) in [6, 6.07) is 5.22. The van der Waals surface area contributed by atoms with Gasteiger partial charge in [0.15, 0.2) is 11.5 Å². The topological polar surface area (TPSA) is 80.2 Å². The summed E-state index contributed by atoms with van der Waals surface area (Å²) in [7, 11) is 1.53. The van der Waals surface area contributed by atoms with Crippen LogP contribution in [0, 0.1) is 0 Å². The van der Waals surface area contributed by atoms with E-state index in [1.165, 1.54) is 20.2 Å². The molecule has 0 heterocycles. The minimum absolute atomic E-state index is 0.383. The first kappa shape index (κ1) is 15.7. The molecule has 1 amide bonds. The molecule has 0 aliphatic heterocycles. The van der Waals surface area contributed by atoms with E-state index < -0.39 is 12.0 Å². The number of aliphatic hydroxyl groups excluding tert-OH is 1. The van der Waals surface area contributed by atoms with E-state index in [-0.39, 0.29) is 0 Å². The van der Waals surface area contributed by atoms with Crippen LogP contribution in [0.2, 0.25) is 0 Å². The zero-order chi connectivity index (χ0) is 15.0. The molecule has 0 aliphatic carbocycles. The van der Waals surface area contributed by atoms with Gasteiger partial charge in [-0.05, 0) is 30.7 Å². The van der Waals surface area contributed by atoms with Crippen LogP contribution in [0.15, 0.2) is 36.0 Å². The maximum atomic E-state index is 11.1. The Kier molecular flexibility index (Phi) is 6.25. The monoisotopic (exact) mass is 278 g/mol. The largest absolute Gasteiger partial charge is 0.493 e. The molecule has 0 saturated carbocycles. The van der Waals surface area contributed by atoms with Crippen LogP contribution < -0.4 is 14.9 Å². The lowest BCUT2D eigenvalue weighted by atomic mass is 10.2. The highest BCUT2D eigenvalue weighted by molar-refractivity contribution is 5.84. The fourth-order valence-corrected chi connectivity index (χ4v) is 1.30. The molecule has 108 valence electrons. The summed E-state index contributed by atoms with van der Waals surface area (Å²) in [5.41, 5.74) is 2.93. The van der Waals surface area contributed by atoms with Gasteiger partial charge in [0.1, 0.15) is 12.7 Å². The standard InChI is InChI=1S/C14H18N2O4/c1-4-7-20-12-6-5-11(8-13(12)19-3)9-15-16-14(18)10(2)17/h4-6,8-10,17H,1,7H2,2-3H3,(H,16,18)/b15-9-/t10-/m1/s1. The molecule has 0 fully saturated rings. The summed E-state index contributed by atoms with van der Waals surface area (Å²) >= 11 is 0. The Labute approximate surface area is 117 Å². The summed E-state index contributed by atoms with van der Waals surface area (Å²) in [6.45, 7) is 5.32. The van der Waals surface area contributed by atoms with Crippen molar-refractivity contribution >= 4 is 12.1 Å². The molecular formula is C14H18N2O4. The molecule has 2 N–H and O–H groups in total. The predicted octanol–water partition coefficient (Wildman–Crippen LogP) is 1.09. The number of carbonyl (C=O) groups is 1. The maximum Gasteiger partial charge on any atom is 0.268 e. The third-order valence-corrected chi connectivity index (χ3v) is 2.31. The minimum atomic E-state index is -1.10. The molecule has 0 aromatic heterocycles. The van der Waals surface area contributed by atoms with Crippen molar-refractivity contribution in [1.82, 2.24) is 5.43 Å². The Morgan fingerprint density at radius 2 is 2.30 bits per heavy atom. The fourth-order valence-electron chi connectivity index (χ4n) is 1.30. The number of nitrogens with zero attached hydrogens (tertiary/aromatic N) is 1. The van der Waals surface area contributed by atoms with Crippen molar-refractivity contribution in [2.45, 2.75) is 13.0 Å². The van der Waals surface area contributed by atoms with Crippen LogP contribution >= 0.6 is 0 Å². The van der Waals surface area contributed by atoms with Crippen molar-refractivity contribution < 1.29 is 19.4 Å². The molecule has 20 heavy (non-hydrogen) atoms. The number of aliphatic hydroxyl groups is 1. The van der Waals surface area contributed by atoms with Gasteiger partial charge in [-0.2, -0.15) is 5.10 Å². The van der Waals surface area contributed by atoms with Crippen LogP contribution in [-0.4, -0.2) is 37.0 Å². The van der Waals surface area contributed by atoms with Crippen LogP contribution in [0.1, 0.15) is 12.5 Å².